The maximum absolute atomic E-state index is 10.8. The molecule has 0 N–H and O–H groups in total. The molecule has 0 bridgehead atoms. The molecule has 21 heavy (non-hydrogen) atoms. The summed E-state index contributed by atoms with van der Waals surface area (Å²) in [6, 6.07) is 0. The van der Waals surface area contributed by atoms with Gasteiger partial charge < -0.3 is 9.47 Å². The quantitative estimate of drug-likeness (QED) is 0.267. The molecule has 0 saturated heterocycles. The van der Waals surface area contributed by atoms with Gasteiger partial charge >= 0.3 is 12.6 Å². The Hall–Kier alpha value is -1.84. The Morgan fingerprint density at radius 3 is 2.05 bits per heavy atom. The molecule has 0 spiro atoms. The summed E-state index contributed by atoms with van der Waals surface area (Å²) in [5.74, 6) is 0. The topological polar surface area (TPSA) is 52.6 Å². The summed E-state index contributed by atoms with van der Waals surface area (Å²) in [4.78, 5) is 20.6. The Bertz CT molecular complexity index is 413. The van der Waals surface area contributed by atoms with Crippen molar-refractivity contribution in [3.63, 3.8) is 0 Å². The molecule has 0 atom stereocenters. The van der Waals surface area contributed by atoms with Gasteiger partial charge in [0.15, 0.2) is 0 Å². The van der Waals surface area contributed by atoms with E-state index in [4.69, 9.17) is 0 Å². The van der Waals surface area contributed by atoms with Gasteiger partial charge in [0.2, 0.25) is 0 Å². The van der Waals surface area contributed by atoms with Crippen molar-refractivity contribution in [1.82, 2.24) is 0 Å². The first-order chi connectivity index (χ1) is 9.95. The normalized spacial score (nSPS) is 11.8. The third-order valence-corrected chi connectivity index (χ3v) is 2.90. The summed E-state index contributed by atoms with van der Waals surface area (Å²) < 4.78 is 8.67. The molecule has 4 heteroatoms. The van der Waals surface area contributed by atoms with E-state index >= 15 is 0 Å². The van der Waals surface area contributed by atoms with Crippen LogP contribution in [0.15, 0.2) is 34.9 Å². The van der Waals surface area contributed by atoms with Gasteiger partial charge in [-0.25, -0.2) is 4.79 Å². The van der Waals surface area contributed by atoms with Crippen LogP contribution < -0.4 is 0 Å². The minimum atomic E-state index is -0.968. The maximum Gasteiger partial charge on any atom is 0.516 e. The van der Waals surface area contributed by atoms with E-state index in [0.717, 1.165) is 31.3 Å². The summed E-state index contributed by atoms with van der Waals surface area (Å²) in [5, 5.41) is 0. The summed E-state index contributed by atoms with van der Waals surface area (Å²) in [5.41, 5.74) is 3.89. The molecule has 0 fully saturated rings. The largest absolute Gasteiger partial charge is 0.516 e. The van der Waals surface area contributed by atoms with Crippen LogP contribution in [0, 0.1) is 0 Å². The van der Waals surface area contributed by atoms with Crippen molar-refractivity contribution in [2.24, 2.45) is 0 Å². The van der Waals surface area contributed by atoms with Gasteiger partial charge in [0.25, 0.3) is 0 Å². The van der Waals surface area contributed by atoms with E-state index in [-0.39, 0.29) is 13.1 Å². The van der Waals surface area contributed by atoms with Gasteiger partial charge in [-0.05, 0) is 59.5 Å². The van der Waals surface area contributed by atoms with Crippen LogP contribution in [0.2, 0.25) is 0 Å². The Morgan fingerprint density at radius 1 is 0.905 bits per heavy atom. The minimum absolute atomic E-state index is 0.0572. The first-order valence-corrected chi connectivity index (χ1v) is 7.17. The molecule has 118 valence electrons. The molecule has 0 aromatic carbocycles. The van der Waals surface area contributed by atoms with Crippen LogP contribution in [-0.2, 0) is 14.3 Å². The van der Waals surface area contributed by atoms with Crippen molar-refractivity contribution in [3.05, 3.63) is 34.9 Å². The van der Waals surface area contributed by atoms with E-state index in [9.17, 15) is 9.59 Å². The molecule has 0 aliphatic carbocycles. The van der Waals surface area contributed by atoms with E-state index in [1.54, 1.807) is 0 Å². The van der Waals surface area contributed by atoms with Gasteiger partial charge in [0, 0.05) is 0 Å². The average molecular weight is 294 g/mol. The fraction of sp³-hybridized carbons (Fsp3) is 0.529. The van der Waals surface area contributed by atoms with Gasteiger partial charge in [-0.3, -0.25) is 4.79 Å². The molecule has 0 radical (unpaired) electrons. The molecule has 0 aromatic rings. The number of carbonyl (C=O) groups is 2. The Kier molecular flexibility index (Phi) is 10.9. The third kappa shape index (κ3) is 12.9. The molecule has 0 saturated carbocycles. The van der Waals surface area contributed by atoms with Gasteiger partial charge in [0.05, 0.1) is 0 Å². The number of allylic oxidation sites excluding steroid dienone is 5. The first-order valence-electron chi connectivity index (χ1n) is 7.17. The number of hydrogen-bond acceptors (Lipinski definition) is 4. The fourth-order valence-corrected chi connectivity index (χ4v) is 1.66. The highest BCUT2D eigenvalue weighted by atomic mass is 16.7. The minimum Gasteiger partial charge on any atom is -0.430 e. The molecular weight excluding hydrogens is 268 g/mol. The molecule has 0 rings (SSSR count). The van der Waals surface area contributed by atoms with Crippen LogP contribution in [-0.4, -0.2) is 19.2 Å². The van der Waals surface area contributed by atoms with Gasteiger partial charge in [0.1, 0.15) is 6.61 Å². The SMILES string of the molecule is CC(C)=CCCC(C)=CCCC(C)=CCOC(=O)OC=O. The van der Waals surface area contributed by atoms with E-state index < -0.39 is 6.16 Å². The zero-order chi connectivity index (χ0) is 16.1. The first kappa shape index (κ1) is 19.2. The molecule has 0 aliphatic rings. The summed E-state index contributed by atoms with van der Waals surface area (Å²) in [6.07, 6.45) is 9.42. The lowest BCUT2D eigenvalue weighted by Gasteiger charge is -2.02. The highest BCUT2D eigenvalue weighted by molar-refractivity contribution is 5.69. The summed E-state index contributed by atoms with van der Waals surface area (Å²) in [6.45, 7) is 8.54. The average Bonchev–Trinajstić information content (AvgIpc) is 2.38. The van der Waals surface area contributed by atoms with E-state index in [2.05, 4.69) is 42.4 Å². The van der Waals surface area contributed by atoms with Crippen molar-refractivity contribution in [3.8, 4) is 0 Å². The lowest BCUT2D eigenvalue weighted by atomic mass is 10.1. The molecule has 0 heterocycles. The fourth-order valence-electron chi connectivity index (χ4n) is 1.66. The molecule has 0 amide bonds. The highest BCUT2D eigenvalue weighted by Gasteiger charge is 2.00. The van der Waals surface area contributed by atoms with Gasteiger partial charge in [-0.1, -0.05) is 28.9 Å². The standard InChI is InChI=1S/C17H26O4/c1-14(2)7-5-8-15(3)9-6-10-16(4)11-12-20-17(19)21-13-18/h7,9,11,13H,5-6,8,10,12H2,1-4H3. The zero-order valence-electron chi connectivity index (χ0n) is 13.5. The number of rotatable bonds is 9. The van der Waals surface area contributed by atoms with Crippen LogP contribution in [0.25, 0.3) is 0 Å². The van der Waals surface area contributed by atoms with Crippen molar-refractivity contribution in [1.29, 1.82) is 0 Å². The Labute approximate surface area is 127 Å². The van der Waals surface area contributed by atoms with Crippen LogP contribution in [0.5, 0.6) is 0 Å². The molecule has 4 nitrogen and oxygen atoms in total. The van der Waals surface area contributed by atoms with Crippen molar-refractivity contribution in [2.45, 2.75) is 53.4 Å². The van der Waals surface area contributed by atoms with Crippen molar-refractivity contribution in [2.75, 3.05) is 6.61 Å². The van der Waals surface area contributed by atoms with Crippen LogP contribution in [0.1, 0.15) is 53.4 Å². The van der Waals surface area contributed by atoms with Crippen LogP contribution >= 0.6 is 0 Å². The summed E-state index contributed by atoms with van der Waals surface area (Å²) in [7, 11) is 0. The lowest BCUT2D eigenvalue weighted by molar-refractivity contribution is -0.125. The predicted molar refractivity (Wildman–Crippen MR) is 83.9 cm³/mol. The second-order valence-corrected chi connectivity index (χ2v) is 5.23. The number of carbonyl (C=O) groups excluding carboxylic acids is 2. The van der Waals surface area contributed by atoms with Crippen LogP contribution in [0.4, 0.5) is 4.79 Å². The molecule has 0 aliphatic heterocycles. The lowest BCUT2D eigenvalue weighted by Crippen LogP contribution is -2.05. The monoisotopic (exact) mass is 294 g/mol. The third-order valence-electron chi connectivity index (χ3n) is 2.90. The second-order valence-electron chi connectivity index (χ2n) is 5.23. The van der Waals surface area contributed by atoms with E-state index in [1.807, 2.05) is 13.0 Å². The zero-order valence-corrected chi connectivity index (χ0v) is 13.5. The Balaban J connectivity index is 3.90. The van der Waals surface area contributed by atoms with E-state index in [0.29, 0.717) is 0 Å². The summed E-state index contributed by atoms with van der Waals surface area (Å²) >= 11 is 0. The molecule has 0 unspecified atom stereocenters. The number of hydrogen-bond donors (Lipinski definition) is 0. The smallest absolute Gasteiger partial charge is 0.430 e. The van der Waals surface area contributed by atoms with Gasteiger partial charge in [-0.2, -0.15) is 0 Å². The maximum atomic E-state index is 10.8. The van der Waals surface area contributed by atoms with Crippen LogP contribution in [0.3, 0.4) is 0 Å². The molecular formula is C17H26O4. The van der Waals surface area contributed by atoms with Crippen molar-refractivity contribution < 1.29 is 19.1 Å². The number of ether oxygens (including phenoxy) is 2. The van der Waals surface area contributed by atoms with E-state index in [1.165, 1.54) is 11.1 Å². The van der Waals surface area contributed by atoms with Gasteiger partial charge in [-0.15, -0.1) is 0 Å². The predicted octanol–water partition coefficient (Wildman–Crippen LogP) is 4.72. The highest BCUT2D eigenvalue weighted by Crippen LogP contribution is 2.11. The second kappa shape index (κ2) is 11.9. The Morgan fingerprint density at radius 2 is 1.48 bits per heavy atom. The molecule has 0 aromatic heterocycles. The van der Waals surface area contributed by atoms with Crippen molar-refractivity contribution >= 4 is 12.6 Å².